The summed E-state index contributed by atoms with van der Waals surface area (Å²) in [6.45, 7) is 1.22. The first-order valence-electron chi connectivity index (χ1n) is 8.82. The monoisotopic (exact) mass is 469 g/mol. The molecule has 0 bridgehead atoms. The number of nitrogens with one attached hydrogen (secondary N) is 1. The van der Waals surface area contributed by atoms with E-state index in [1.54, 1.807) is 0 Å². The summed E-state index contributed by atoms with van der Waals surface area (Å²) in [5.74, 6) is -0.347. The molecule has 0 fully saturated rings. The molecule has 2 aromatic carbocycles. The second kappa shape index (κ2) is 10.8. The lowest BCUT2D eigenvalue weighted by Gasteiger charge is -2.16. The summed E-state index contributed by atoms with van der Waals surface area (Å²) in [5, 5.41) is 11.1. The van der Waals surface area contributed by atoms with E-state index in [1.807, 2.05) is 0 Å². The van der Waals surface area contributed by atoms with Gasteiger partial charge in [-0.25, -0.2) is 0 Å². The summed E-state index contributed by atoms with van der Waals surface area (Å²) >= 11 is 12.1. The zero-order chi connectivity index (χ0) is 23.1. The van der Waals surface area contributed by atoms with E-state index in [2.05, 4.69) is 15.5 Å². The van der Waals surface area contributed by atoms with Gasteiger partial charge in [0, 0.05) is 0 Å². The van der Waals surface area contributed by atoms with Crippen LogP contribution >= 0.6 is 23.2 Å². The Labute approximate surface area is 189 Å². The van der Waals surface area contributed by atoms with Gasteiger partial charge < -0.3 is 24.3 Å². The van der Waals surface area contributed by atoms with Crippen LogP contribution in [0.4, 0.5) is 11.4 Å². The molecule has 11 heteroatoms. The minimum absolute atomic E-state index is 0.201. The Morgan fingerprint density at radius 2 is 1.35 bits per heavy atom. The number of methoxy groups -OCH3 is 4. The standard InChI is InChI=1S/C20H21Cl2N3O6/c1-10(26)15(25-24-14-9-7-12(22)17(29-3)19(14)31-5)20(27)23-13-8-6-11(21)16(28-2)18(13)30-4/h6-9,15H,1-5H3,(H,23,27). The van der Waals surface area contributed by atoms with Crippen LogP contribution in [0.3, 0.4) is 0 Å². The van der Waals surface area contributed by atoms with Gasteiger partial charge >= 0.3 is 0 Å². The predicted octanol–water partition coefficient (Wildman–Crippen LogP) is 4.71. The fraction of sp³-hybridized carbons (Fsp3) is 0.300. The number of hydrogen-bond donors (Lipinski definition) is 1. The number of carbonyl (C=O) groups excluding carboxylic acids is 2. The number of carbonyl (C=O) groups is 2. The maximum absolute atomic E-state index is 12.8. The maximum atomic E-state index is 12.8. The van der Waals surface area contributed by atoms with Gasteiger partial charge in [0.15, 0.2) is 28.8 Å². The maximum Gasteiger partial charge on any atom is 0.258 e. The summed E-state index contributed by atoms with van der Waals surface area (Å²) < 4.78 is 21.0. The van der Waals surface area contributed by atoms with Crippen molar-refractivity contribution >= 4 is 46.3 Å². The minimum Gasteiger partial charge on any atom is -0.491 e. The highest BCUT2D eigenvalue weighted by molar-refractivity contribution is 6.32. The van der Waals surface area contributed by atoms with E-state index in [0.717, 1.165) is 0 Å². The van der Waals surface area contributed by atoms with E-state index >= 15 is 0 Å². The van der Waals surface area contributed by atoms with Crippen molar-refractivity contribution < 1.29 is 28.5 Å². The molecule has 31 heavy (non-hydrogen) atoms. The molecule has 0 aliphatic rings. The van der Waals surface area contributed by atoms with Crippen LogP contribution in [-0.2, 0) is 9.59 Å². The van der Waals surface area contributed by atoms with Crippen LogP contribution < -0.4 is 24.3 Å². The number of amides is 1. The van der Waals surface area contributed by atoms with Crippen molar-refractivity contribution in [2.45, 2.75) is 13.0 Å². The van der Waals surface area contributed by atoms with Crippen molar-refractivity contribution in [2.24, 2.45) is 10.2 Å². The normalized spacial score (nSPS) is 11.7. The Bertz CT molecular complexity index is 1010. The first-order chi connectivity index (χ1) is 14.8. The van der Waals surface area contributed by atoms with Gasteiger partial charge in [0.1, 0.15) is 5.69 Å². The molecule has 2 rings (SSSR count). The van der Waals surface area contributed by atoms with Gasteiger partial charge in [0.2, 0.25) is 6.04 Å². The Hall–Kier alpha value is -3.04. The molecule has 1 unspecified atom stereocenters. The lowest BCUT2D eigenvalue weighted by molar-refractivity contribution is -0.126. The highest BCUT2D eigenvalue weighted by Crippen LogP contribution is 2.43. The molecule has 166 valence electrons. The SMILES string of the molecule is COc1c(Cl)ccc(N=NC(C(C)=O)C(=O)Nc2ccc(Cl)c(OC)c2OC)c1OC. The molecule has 0 aromatic heterocycles. The van der Waals surface area contributed by atoms with Gasteiger partial charge in [-0.3, -0.25) is 9.59 Å². The summed E-state index contributed by atoms with van der Waals surface area (Å²) in [6, 6.07) is 4.66. The number of hydrogen-bond acceptors (Lipinski definition) is 8. The van der Waals surface area contributed by atoms with Crippen LogP contribution in [-0.4, -0.2) is 46.2 Å². The lowest BCUT2D eigenvalue weighted by atomic mass is 10.2. The minimum atomic E-state index is -1.43. The van der Waals surface area contributed by atoms with E-state index in [0.29, 0.717) is 10.0 Å². The second-order valence-electron chi connectivity index (χ2n) is 6.01. The number of anilines is 1. The lowest BCUT2D eigenvalue weighted by Crippen LogP contribution is -2.32. The highest BCUT2D eigenvalue weighted by Gasteiger charge is 2.26. The number of nitrogens with zero attached hydrogens (tertiary/aromatic N) is 2. The molecule has 0 radical (unpaired) electrons. The number of ketones is 1. The molecule has 1 N–H and O–H groups in total. The van der Waals surface area contributed by atoms with Crippen LogP contribution in [0.2, 0.25) is 10.0 Å². The van der Waals surface area contributed by atoms with E-state index in [4.69, 9.17) is 42.1 Å². The average molecular weight is 470 g/mol. The van der Waals surface area contributed by atoms with Crippen molar-refractivity contribution in [3.8, 4) is 23.0 Å². The molecule has 0 heterocycles. The summed E-state index contributed by atoms with van der Waals surface area (Å²) in [5.41, 5.74) is 0.481. The van der Waals surface area contributed by atoms with Crippen LogP contribution in [0.5, 0.6) is 23.0 Å². The zero-order valence-corrected chi connectivity index (χ0v) is 19.0. The Morgan fingerprint density at radius 3 is 1.87 bits per heavy atom. The molecular weight excluding hydrogens is 449 g/mol. The Morgan fingerprint density at radius 1 is 0.839 bits per heavy atom. The zero-order valence-electron chi connectivity index (χ0n) is 17.5. The predicted molar refractivity (Wildman–Crippen MR) is 117 cm³/mol. The van der Waals surface area contributed by atoms with E-state index in [1.165, 1.54) is 59.6 Å². The second-order valence-corrected chi connectivity index (χ2v) is 6.83. The van der Waals surface area contributed by atoms with Gasteiger partial charge in [-0.05, 0) is 31.2 Å². The highest BCUT2D eigenvalue weighted by atomic mass is 35.5. The molecule has 1 atom stereocenters. The molecule has 1 amide bonds. The Balaban J connectivity index is 2.36. The molecule has 0 aliphatic carbocycles. The number of ether oxygens (including phenoxy) is 4. The number of halogens is 2. The summed E-state index contributed by atoms with van der Waals surface area (Å²) in [4.78, 5) is 24.9. The van der Waals surface area contributed by atoms with Gasteiger partial charge in [-0.2, -0.15) is 10.2 Å². The average Bonchev–Trinajstić information content (AvgIpc) is 2.74. The topological polar surface area (TPSA) is 108 Å². The first-order valence-corrected chi connectivity index (χ1v) is 9.57. The van der Waals surface area contributed by atoms with Crippen molar-refractivity contribution in [2.75, 3.05) is 33.8 Å². The first kappa shape index (κ1) is 24.2. The molecular formula is C20H21Cl2N3O6. The van der Waals surface area contributed by atoms with Gasteiger partial charge in [0.05, 0.1) is 44.2 Å². The molecule has 0 saturated carbocycles. The third-order valence-corrected chi connectivity index (χ3v) is 4.69. The van der Waals surface area contributed by atoms with E-state index in [-0.39, 0.29) is 34.4 Å². The fourth-order valence-electron chi connectivity index (χ4n) is 2.66. The van der Waals surface area contributed by atoms with Crippen LogP contribution in [0.25, 0.3) is 0 Å². The third kappa shape index (κ3) is 5.36. The number of azo groups is 1. The Kier molecular flexibility index (Phi) is 8.47. The van der Waals surface area contributed by atoms with Crippen molar-refractivity contribution in [1.82, 2.24) is 0 Å². The van der Waals surface area contributed by atoms with Crippen molar-refractivity contribution in [1.29, 1.82) is 0 Å². The quantitative estimate of drug-likeness (QED) is 0.420. The number of benzene rings is 2. The fourth-order valence-corrected chi connectivity index (χ4v) is 3.12. The number of Topliss-reactive ketones (excluding diaryl/α,β-unsaturated/α-hetero) is 1. The summed E-state index contributed by atoms with van der Waals surface area (Å²) in [6.07, 6.45) is 0. The van der Waals surface area contributed by atoms with E-state index < -0.39 is 17.7 Å². The van der Waals surface area contributed by atoms with E-state index in [9.17, 15) is 9.59 Å². The van der Waals surface area contributed by atoms with Gasteiger partial charge in [-0.15, -0.1) is 0 Å². The molecule has 2 aromatic rings. The smallest absolute Gasteiger partial charge is 0.258 e. The molecule has 0 saturated heterocycles. The molecule has 9 nitrogen and oxygen atoms in total. The largest absolute Gasteiger partial charge is 0.491 e. The van der Waals surface area contributed by atoms with Gasteiger partial charge in [0.25, 0.3) is 5.91 Å². The third-order valence-electron chi connectivity index (χ3n) is 4.10. The van der Waals surface area contributed by atoms with Crippen LogP contribution in [0, 0.1) is 0 Å². The molecule has 0 spiro atoms. The van der Waals surface area contributed by atoms with Crippen molar-refractivity contribution in [3.63, 3.8) is 0 Å². The molecule has 0 aliphatic heterocycles. The van der Waals surface area contributed by atoms with Crippen molar-refractivity contribution in [3.05, 3.63) is 34.3 Å². The van der Waals surface area contributed by atoms with Gasteiger partial charge in [-0.1, -0.05) is 23.2 Å². The summed E-state index contributed by atoms with van der Waals surface area (Å²) in [7, 11) is 5.63. The van der Waals surface area contributed by atoms with Crippen LogP contribution in [0.15, 0.2) is 34.5 Å². The van der Waals surface area contributed by atoms with Crippen LogP contribution in [0.1, 0.15) is 6.92 Å². The number of rotatable bonds is 9.